The minimum absolute atomic E-state index is 0.0568. The zero-order valence-corrected chi connectivity index (χ0v) is 15.8. The second kappa shape index (κ2) is 9.76. The fourth-order valence-corrected chi connectivity index (χ4v) is 3.01. The van der Waals surface area contributed by atoms with Crippen LogP contribution >= 0.6 is 0 Å². The summed E-state index contributed by atoms with van der Waals surface area (Å²) in [5.74, 6) is 0.0940. The number of amides is 2. The monoisotopic (exact) mass is 352 g/mol. The van der Waals surface area contributed by atoms with Crippen LogP contribution in [-0.4, -0.2) is 18.4 Å². The van der Waals surface area contributed by atoms with Gasteiger partial charge in [-0.15, -0.1) is 0 Å². The maximum Gasteiger partial charge on any atom is 0.222 e. The molecular formula is C22H28N2O2. The standard InChI is InChI=1S/C22H28N2O2/c1-4-18(19-8-6-5-7-9-19)15-23-22(26)14-21(24-17(3)25)20-12-10-16(2)11-13-20/h5-13,18,21H,4,14-15H2,1-3H3,(H,23,26)(H,24,25). The number of benzene rings is 2. The summed E-state index contributed by atoms with van der Waals surface area (Å²) in [5, 5.41) is 5.91. The Morgan fingerprint density at radius 3 is 2.19 bits per heavy atom. The highest BCUT2D eigenvalue weighted by molar-refractivity contribution is 5.79. The first-order valence-corrected chi connectivity index (χ1v) is 9.15. The molecule has 0 aliphatic heterocycles. The summed E-state index contributed by atoms with van der Waals surface area (Å²) >= 11 is 0. The van der Waals surface area contributed by atoms with E-state index in [2.05, 4.69) is 29.7 Å². The fraction of sp³-hybridized carbons (Fsp3) is 0.364. The van der Waals surface area contributed by atoms with Crippen LogP contribution in [0.1, 0.15) is 55.3 Å². The van der Waals surface area contributed by atoms with Gasteiger partial charge in [-0.25, -0.2) is 0 Å². The molecule has 0 radical (unpaired) electrons. The van der Waals surface area contributed by atoms with Gasteiger partial charge in [0.15, 0.2) is 0 Å². The summed E-state index contributed by atoms with van der Waals surface area (Å²) < 4.78 is 0. The molecule has 2 aromatic rings. The first kappa shape index (κ1) is 19.7. The van der Waals surface area contributed by atoms with Gasteiger partial charge in [-0.3, -0.25) is 9.59 Å². The molecule has 0 heterocycles. The molecule has 138 valence electrons. The number of nitrogens with one attached hydrogen (secondary N) is 2. The van der Waals surface area contributed by atoms with Gasteiger partial charge in [0.1, 0.15) is 0 Å². The molecule has 0 fully saturated rings. The van der Waals surface area contributed by atoms with Gasteiger partial charge >= 0.3 is 0 Å². The second-order valence-electron chi connectivity index (χ2n) is 6.69. The van der Waals surface area contributed by atoms with E-state index in [4.69, 9.17) is 0 Å². The average Bonchev–Trinajstić information content (AvgIpc) is 2.63. The van der Waals surface area contributed by atoms with E-state index in [1.807, 2.05) is 49.4 Å². The molecule has 2 amide bonds. The zero-order chi connectivity index (χ0) is 18.9. The first-order valence-electron chi connectivity index (χ1n) is 9.15. The molecule has 0 aliphatic rings. The Kier molecular flexibility index (Phi) is 7.39. The van der Waals surface area contributed by atoms with Crippen LogP contribution in [0.2, 0.25) is 0 Å². The Balaban J connectivity index is 1.98. The van der Waals surface area contributed by atoms with Crippen molar-refractivity contribution in [3.8, 4) is 0 Å². The fourth-order valence-electron chi connectivity index (χ4n) is 3.01. The zero-order valence-electron chi connectivity index (χ0n) is 15.8. The highest BCUT2D eigenvalue weighted by atomic mass is 16.2. The summed E-state index contributed by atoms with van der Waals surface area (Å²) in [6, 6.07) is 17.8. The normalized spacial score (nSPS) is 12.9. The highest BCUT2D eigenvalue weighted by Crippen LogP contribution is 2.20. The van der Waals surface area contributed by atoms with Crippen LogP contribution in [0.5, 0.6) is 0 Å². The van der Waals surface area contributed by atoms with E-state index in [0.29, 0.717) is 12.5 Å². The summed E-state index contributed by atoms with van der Waals surface area (Å²) in [7, 11) is 0. The van der Waals surface area contributed by atoms with Crippen molar-refractivity contribution < 1.29 is 9.59 Å². The lowest BCUT2D eigenvalue weighted by Crippen LogP contribution is -2.34. The van der Waals surface area contributed by atoms with E-state index in [1.54, 1.807) is 0 Å². The molecule has 4 heteroatoms. The minimum Gasteiger partial charge on any atom is -0.355 e. The number of hydrogen-bond donors (Lipinski definition) is 2. The van der Waals surface area contributed by atoms with Crippen LogP contribution in [0.4, 0.5) is 0 Å². The maximum atomic E-state index is 12.5. The van der Waals surface area contributed by atoms with Crippen LogP contribution in [-0.2, 0) is 9.59 Å². The predicted octanol–water partition coefficient (Wildman–Crippen LogP) is 3.87. The van der Waals surface area contributed by atoms with Crippen molar-refractivity contribution >= 4 is 11.8 Å². The molecule has 2 unspecified atom stereocenters. The Labute approximate surface area is 156 Å². The number of aryl methyl sites for hydroxylation is 1. The molecule has 0 aromatic heterocycles. The molecule has 0 aliphatic carbocycles. The Bertz CT molecular complexity index is 711. The molecule has 4 nitrogen and oxygen atoms in total. The lowest BCUT2D eigenvalue weighted by molar-refractivity contribution is -0.122. The third kappa shape index (κ3) is 6.03. The average molecular weight is 352 g/mol. The van der Waals surface area contributed by atoms with Crippen molar-refractivity contribution in [2.45, 2.75) is 45.6 Å². The van der Waals surface area contributed by atoms with Gasteiger partial charge in [-0.2, -0.15) is 0 Å². The van der Waals surface area contributed by atoms with Crippen molar-refractivity contribution in [2.75, 3.05) is 6.54 Å². The van der Waals surface area contributed by atoms with E-state index in [-0.39, 0.29) is 24.3 Å². The molecule has 0 bridgehead atoms. The Morgan fingerprint density at radius 1 is 0.962 bits per heavy atom. The number of carbonyl (C=O) groups is 2. The number of hydrogen-bond acceptors (Lipinski definition) is 2. The molecule has 2 N–H and O–H groups in total. The summed E-state index contributed by atoms with van der Waals surface area (Å²) in [5.41, 5.74) is 3.32. The lowest BCUT2D eigenvalue weighted by Gasteiger charge is -2.20. The van der Waals surface area contributed by atoms with Crippen molar-refractivity contribution in [1.82, 2.24) is 10.6 Å². The van der Waals surface area contributed by atoms with Crippen molar-refractivity contribution in [3.05, 3.63) is 71.3 Å². The third-order valence-corrected chi connectivity index (χ3v) is 4.56. The third-order valence-electron chi connectivity index (χ3n) is 4.56. The van der Waals surface area contributed by atoms with Crippen LogP contribution in [0, 0.1) is 6.92 Å². The second-order valence-corrected chi connectivity index (χ2v) is 6.69. The van der Waals surface area contributed by atoms with Gasteiger partial charge < -0.3 is 10.6 Å². The van der Waals surface area contributed by atoms with Crippen LogP contribution in [0.15, 0.2) is 54.6 Å². The van der Waals surface area contributed by atoms with E-state index in [0.717, 1.165) is 17.5 Å². The van der Waals surface area contributed by atoms with E-state index < -0.39 is 0 Å². The molecular weight excluding hydrogens is 324 g/mol. The van der Waals surface area contributed by atoms with Gasteiger partial charge in [-0.1, -0.05) is 67.1 Å². The molecule has 2 aromatic carbocycles. The molecule has 2 rings (SSSR count). The van der Waals surface area contributed by atoms with Crippen LogP contribution in [0.25, 0.3) is 0 Å². The van der Waals surface area contributed by atoms with Crippen LogP contribution in [0.3, 0.4) is 0 Å². The summed E-state index contributed by atoms with van der Waals surface area (Å²) in [6.45, 7) is 6.20. The topological polar surface area (TPSA) is 58.2 Å². The Morgan fingerprint density at radius 2 is 1.62 bits per heavy atom. The maximum absolute atomic E-state index is 12.5. The molecule has 0 saturated heterocycles. The molecule has 26 heavy (non-hydrogen) atoms. The predicted molar refractivity (Wildman–Crippen MR) is 105 cm³/mol. The number of rotatable bonds is 8. The van der Waals surface area contributed by atoms with Crippen molar-refractivity contribution in [1.29, 1.82) is 0 Å². The van der Waals surface area contributed by atoms with Gasteiger partial charge in [0.05, 0.1) is 12.5 Å². The van der Waals surface area contributed by atoms with E-state index in [9.17, 15) is 9.59 Å². The smallest absolute Gasteiger partial charge is 0.222 e. The molecule has 0 saturated carbocycles. The SMILES string of the molecule is CCC(CNC(=O)CC(NC(C)=O)c1ccc(C)cc1)c1ccccc1. The van der Waals surface area contributed by atoms with Crippen LogP contribution < -0.4 is 10.6 Å². The van der Waals surface area contributed by atoms with E-state index in [1.165, 1.54) is 12.5 Å². The van der Waals surface area contributed by atoms with Gasteiger partial charge in [0.25, 0.3) is 0 Å². The summed E-state index contributed by atoms with van der Waals surface area (Å²) in [4.78, 5) is 24.0. The minimum atomic E-state index is -0.315. The van der Waals surface area contributed by atoms with Crippen molar-refractivity contribution in [2.24, 2.45) is 0 Å². The van der Waals surface area contributed by atoms with Gasteiger partial charge in [0, 0.05) is 19.4 Å². The van der Waals surface area contributed by atoms with Gasteiger partial charge in [-0.05, 0) is 24.5 Å². The van der Waals surface area contributed by atoms with E-state index >= 15 is 0 Å². The largest absolute Gasteiger partial charge is 0.355 e. The number of carbonyl (C=O) groups excluding carboxylic acids is 2. The highest BCUT2D eigenvalue weighted by Gasteiger charge is 2.18. The Hall–Kier alpha value is -2.62. The quantitative estimate of drug-likeness (QED) is 0.758. The summed E-state index contributed by atoms with van der Waals surface area (Å²) in [6.07, 6.45) is 1.19. The first-order chi connectivity index (χ1) is 12.5. The van der Waals surface area contributed by atoms with Crippen molar-refractivity contribution in [3.63, 3.8) is 0 Å². The molecule has 2 atom stereocenters. The lowest BCUT2D eigenvalue weighted by atomic mass is 9.96. The van der Waals surface area contributed by atoms with Gasteiger partial charge in [0.2, 0.25) is 11.8 Å². The molecule has 0 spiro atoms.